The third-order valence-electron chi connectivity index (χ3n) is 1.96. The molecule has 1 aromatic rings. The van der Waals surface area contributed by atoms with Crippen LogP contribution in [-0.4, -0.2) is 28.9 Å². The summed E-state index contributed by atoms with van der Waals surface area (Å²) in [6.07, 6.45) is 5.18. The molecule has 0 aliphatic carbocycles. The molecule has 0 aliphatic heterocycles. The number of carbonyl (C=O) groups is 1. The van der Waals surface area contributed by atoms with Crippen LogP contribution >= 0.6 is 11.3 Å². The lowest BCUT2D eigenvalue weighted by Crippen LogP contribution is -2.30. The van der Waals surface area contributed by atoms with Crippen LogP contribution in [0.1, 0.15) is 22.3 Å². The van der Waals surface area contributed by atoms with Gasteiger partial charge in [0.25, 0.3) is 5.91 Å². The molecular formula is C10H13N3OS. The predicted octanol–water partition coefficient (Wildman–Crippen LogP) is 1.13. The van der Waals surface area contributed by atoms with Crippen LogP contribution in [0.5, 0.6) is 0 Å². The van der Waals surface area contributed by atoms with E-state index in [-0.39, 0.29) is 5.91 Å². The Morgan fingerprint density at radius 1 is 1.73 bits per heavy atom. The van der Waals surface area contributed by atoms with Crippen molar-refractivity contribution in [2.45, 2.75) is 13.8 Å². The van der Waals surface area contributed by atoms with Gasteiger partial charge in [-0.1, -0.05) is 17.3 Å². The number of terminal acetylenes is 1. The molecule has 0 fully saturated rings. The fraction of sp³-hybridized carbons (Fsp3) is 0.400. The quantitative estimate of drug-likeness (QED) is 0.781. The molecule has 0 saturated carbocycles. The van der Waals surface area contributed by atoms with Crippen LogP contribution < -0.4 is 5.73 Å². The highest BCUT2D eigenvalue weighted by Crippen LogP contribution is 2.21. The van der Waals surface area contributed by atoms with Crippen LogP contribution in [0.3, 0.4) is 0 Å². The largest absolute Gasteiger partial charge is 0.375 e. The summed E-state index contributed by atoms with van der Waals surface area (Å²) in [4.78, 5) is 18.1. The summed E-state index contributed by atoms with van der Waals surface area (Å²) in [6.45, 7) is 4.55. The first-order valence-electron chi connectivity index (χ1n) is 4.55. The van der Waals surface area contributed by atoms with Crippen LogP contribution in [0.4, 0.5) is 5.13 Å². The van der Waals surface area contributed by atoms with Crippen LogP contribution in [-0.2, 0) is 0 Å². The van der Waals surface area contributed by atoms with E-state index >= 15 is 0 Å². The minimum Gasteiger partial charge on any atom is -0.375 e. The molecule has 1 rings (SSSR count). The average molecular weight is 223 g/mol. The predicted molar refractivity (Wildman–Crippen MR) is 61.7 cm³/mol. The molecule has 0 bridgehead atoms. The highest BCUT2D eigenvalue weighted by Gasteiger charge is 2.18. The van der Waals surface area contributed by atoms with Gasteiger partial charge in [-0.25, -0.2) is 4.98 Å². The van der Waals surface area contributed by atoms with Crippen molar-refractivity contribution in [1.82, 2.24) is 9.88 Å². The van der Waals surface area contributed by atoms with Crippen molar-refractivity contribution in [3.63, 3.8) is 0 Å². The topological polar surface area (TPSA) is 59.2 Å². The third kappa shape index (κ3) is 2.48. The van der Waals surface area contributed by atoms with Gasteiger partial charge in [-0.3, -0.25) is 4.79 Å². The molecule has 5 heteroatoms. The second kappa shape index (κ2) is 4.80. The number of carbonyl (C=O) groups excluding carboxylic acids is 1. The normalized spacial score (nSPS) is 9.67. The number of hydrogen-bond acceptors (Lipinski definition) is 4. The summed E-state index contributed by atoms with van der Waals surface area (Å²) < 4.78 is 0. The lowest BCUT2D eigenvalue weighted by molar-refractivity contribution is 0.0789. The second-order valence-electron chi connectivity index (χ2n) is 2.99. The zero-order valence-electron chi connectivity index (χ0n) is 8.78. The highest BCUT2D eigenvalue weighted by atomic mass is 32.1. The number of anilines is 1. The van der Waals surface area contributed by atoms with E-state index < -0.39 is 0 Å². The minimum absolute atomic E-state index is 0.0952. The molecule has 0 aliphatic rings. The maximum Gasteiger partial charge on any atom is 0.266 e. The summed E-state index contributed by atoms with van der Waals surface area (Å²) >= 11 is 1.20. The van der Waals surface area contributed by atoms with Gasteiger partial charge in [-0.15, -0.1) is 6.42 Å². The van der Waals surface area contributed by atoms with Gasteiger partial charge in [-0.2, -0.15) is 0 Å². The molecule has 1 heterocycles. The Hall–Kier alpha value is -1.54. The molecule has 0 aromatic carbocycles. The molecule has 15 heavy (non-hydrogen) atoms. The number of hydrogen-bond donors (Lipinski definition) is 1. The lowest BCUT2D eigenvalue weighted by atomic mass is 10.3. The maximum absolute atomic E-state index is 11.9. The molecule has 0 unspecified atom stereocenters. The number of nitrogens with two attached hydrogens (primary N) is 1. The van der Waals surface area contributed by atoms with Gasteiger partial charge in [0.15, 0.2) is 5.13 Å². The minimum atomic E-state index is -0.0952. The van der Waals surface area contributed by atoms with Crippen molar-refractivity contribution in [3.05, 3.63) is 10.6 Å². The monoisotopic (exact) mass is 223 g/mol. The molecule has 1 aromatic heterocycles. The van der Waals surface area contributed by atoms with Gasteiger partial charge >= 0.3 is 0 Å². The molecule has 0 atom stereocenters. The van der Waals surface area contributed by atoms with Crippen molar-refractivity contribution in [1.29, 1.82) is 0 Å². The highest BCUT2D eigenvalue weighted by molar-refractivity contribution is 7.17. The van der Waals surface area contributed by atoms with E-state index in [1.807, 2.05) is 6.92 Å². The fourth-order valence-corrected chi connectivity index (χ4v) is 2.00. The van der Waals surface area contributed by atoms with Crippen molar-refractivity contribution in [3.8, 4) is 12.3 Å². The Labute approximate surface area is 93.1 Å². The van der Waals surface area contributed by atoms with E-state index in [1.54, 1.807) is 11.8 Å². The van der Waals surface area contributed by atoms with Crippen LogP contribution in [0.25, 0.3) is 0 Å². The Balaban J connectivity index is 2.93. The summed E-state index contributed by atoms with van der Waals surface area (Å²) in [5, 5.41) is 0.410. The smallest absolute Gasteiger partial charge is 0.266 e. The Kier molecular flexibility index (Phi) is 3.69. The van der Waals surface area contributed by atoms with Crippen LogP contribution in [0.15, 0.2) is 0 Å². The van der Waals surface area contributed by atoms with Gasteiger partial charge in [0, 0.05) is 6.54 Å². The molecule has 0 saturated heterocycles. The number of aromatic nitrogens is 1. The molecule has 1 amide bonds. The first kappa shape index (κ1) is 11.5. The number of rotatable bonds is 3. The average Bonchev–Trinajstić information content (AvgIpc) is 2.53. The number of nitrogens with zero attached hydrogens (tertiary/aromatic N) is 2. The van der Waals surface area contributed by atoms with E-state index in [0.717, 1.165) is 0 Å². The van der Waals surface area contributed by atoms with Gasteiger partial charge in [0.2, 0.25) is 0 Å². The van der Waals surface area contributed by atoms with Crippen molar-refractivity contribution in [2.24, 2.45) is 0 Å². The maximum atomic E-state index is 11.9. The van der Waals surface area contributed by atoms with E-state index in [9.17, 15) is 4.79 Å². The fourth-order valence-electron chi connectivity index (χ4n) is 1.20. The van der Waals surface area contributed by atoms with E-state index in [0.29, 0.717) is 28.8 Å². The first-order chi connectivity index (χ1) is 7.10. The standard InChI is InChI=1S/C10H13N3OS/c1-4-6-13(5-2)9(14)8-7(3)12-10(11)15-8/h1H,5-6H2,2-3H3,(H2,11,12). The molecule has 2 N–H and O–H groups in total. The number of aryl methyl sites for hydroxylation is 1. The van der Waals surface area contributed by atoms with Crippen LogP contribution in [0.2, 0.25) is 0 Å². The zero-order valence-corrected chi connectivity index (χ0v) is 9.60. The lowest BCUT2D eigenvalue weighted by Gasteiger charge is -2.16. The second-order valence-corrected chi connectivity index (χ2v) is 4.02. The summed E-state index contributed by atoms with van der Waals surface area (Å²) in [7, 11) is 0. The summed E-state index contributed by atoms with van der Waals surface area (Å²) in [5.41, 5.74) is 6.19. The SMILES string of the molecule is C#CCN(CC)C(=O)c1sc(N)nc1C. The zero-order chi connectivity index (χ0) is 11.4. The van der Waals surface area contributed by atoms with E-state index in [1.165, 1.54) is 11.3 Å². The van der Waals surface area contributed by atoms with Gasteiger partial charge < -0.3 is 10.6 Å². The Morgan fingerprint density at radius 3 is 2.80 bits per heavy atom. The molecule has 4 nitrogen and oxygen atoms in total. The summed E-state index contributed by atoms with van der Waals surface area (Å²) in [5.74, 6) is 2.36. The number of nitrogen functional groups attached to an aromatic ring is 1. The van der Waals surface area contributed by atoms with Gasteiger partial charge in [-0.05, 0) is 13.8 Å². The molecule has 0 radical (unpaired) electrons. The Bertz CT molecular complexity index is 405. The molecule has 0 spiro atoms. The van der Waals surface area contributed by atoms with Crippen molar-refractivity contribution >= 4 is 22.4 Å². The first-order valence-corrected chi connectivity index (χ1v) is 5.37. The van der Waals surface area contributed by atoms with Crippen molar-refractivity contribution < 1.29 is 4.79 Å². The van der Waals surface area contributed by atoms with E-state index in [2.05, 4.69) is 10.9 Å². The summed E-state index contributed by atoms with van der Waals surface area (Å²) in [6, 6.07) is 0. The third-order valence-corrected chi connectivity index (χ3v) is 2.93. The molecule has 80 valence electrons. The molecular weight excluding hydrogens is 210 g/mol. The van der Waals surface area contributed by atoms with Gasteiger partial charge in [0.1, 0.15) is 4.88 Å². The van der Waals surface area contributed by atoms with Crippen LogP contribution in [0, 0.1) is 19.3 Å². The van der Waals surface area contributed by atoms with E-state index in [4.69, 9.17) is 12.2 Å². The van der Waals surface area contributed by atoms with Crippen molar-refractivity contribution in [2.75, 3.05) is 18.8 Å². The van der Waals surface area contributed by atoms with Gasteiger partial charge in [0.05, 0.1) is 12.2 Å². The Morgan fingerprint density at radius 2 is 2.40 bits per heavy atom. The number of thiazole rings is 1. The number of amides is 1.